The molecule has 1 aliphatic carbocycles. The number of ether oxygens (including phenoxy) is 2. The van der Waals surface area contributed by atoms with Gasteiger partial charge in [0.25, 0.3) is 0 Å². The van der Waals surface area contributed by atoms with Gasteiger partial charge in [-0.25, -0.2) is 4.79 Å². The molecule has 110 valence electrons. The zero-order chi connectivity index (χ0) is 14.4. The van der Waals surface area contributed by atoms with Crippen molar-refractivity contribution in [3.8, 4) is 0 Å². The summed E-state index contributed by atoms with van der Waals surface area (Å²) in [5, 5.41) is 0. The van der Waals surface area contributed by atoms with E-state index in [9.17, 15) is 4.79 Å². The molecule has 1 aliphatic rings. The second kappa shape index (κ2) is 6.86. The molecule has 1 saturated carbocycles. The van der Waals surface area contributed by atoms with Crippen LogP contribution in [0.2, 0.25) is 0 Å². The Balaban J connectivity index is 1.71. The maximum atomic E-state index is 12.1. The Morgan fingerprint density at radius 3 is 2.55 bits per heavy atom. The van der Waals surface area contributed by atoms with Crippen LogP contribution in [-0.4, -0.2) is 43.7 Å². The Hall–Kier alpha value is -1.39. The van der Waals surface area contributed by atoms with Crippen molar-refractivity contribution in [1.29, 1.82) is 0 Å². The normalized spacial score (nSPS) is 16.1. The van der Waals surface area contributed by atoms with E-state index in [1.165, 1.54) is 0 Å². The monoisotopic (exact) mass is 277 g/mol. The first-order valence-corrected chi connectivity index (χ1v) is 7.12. The van der Waals surface area contributed by atoms with Gasteiger partial charge in [0.1, 0.15) is 6.61 Å². The van der Waals surface area contributed by atoms with Crippen LogP contribution in [0.3, 0.4) is 0 Å². The van der Waals surface area contributed by atoms with E-state index in [4.69, 9.17) is 9.47 Å². The standard InChI is InChI=1S/C16H23NO3/c1-17(2)11-6-12-20-16(9-10-16)15(18)19-13-14-7-4-3-5-8-14/h3-5,7-8H,6,9-13H2,1-2H3. The molecule has 4 nitrogen and oxygen atoms in total. The summed E-state index contributed by atoms with van der Waals surface area (Å²) in [5.74, 6) is -0.216. The van der Waals surface area contributed by atoms with Crippen molar-refractivity contribution < 1.29 is 14.3 Å². The van der Waals surface area contributed by atoms with Crippen LogP contribution in [-0.2, 0) is 20.9 Å². The molecule has 0 aromatic heterocycles. The molecular weight excluding hydrogens is 254 g/mol. The smallest absolute Gasteiger partial charge is 0.338 e. The molecule has 0 bridgehead atoms. The molecule has 1 aromatic carbocycles. The van der Waals surface area contributed by atoms with E-state index < -0.39 is 5.60 Å². The SMILES string of the molecule is CN(C)CCCOC1(C(=O)OCc2ccccc2)CC1. The van der Waals surface area contributed by atoms with Crippen LogP contribution in [0.25, 0.3) is 0 Å². The number of hydrogen-bond donors (Lipinski definition) is 0. The Labute approximate surface area is 120 Å². The minimum atomic E-state index is -0.652. The second-order valence-electron chi connectivity index (χ2n) is 5.56. The second-order valence-corrected chi connectivity index (χ2v) is 5.56. The van der Waals surface area contributed by atoms with E-state index in [1.807, 2.05) is 44.4 Å². The summed E-state index contributed by atoms with van der Waals surface area (Å²) in [4.78, 5) is 14.2. The van der Waals surface area contributed by atoms with E-state index in [0.29, 0.717) is 13.2 Å². The molecule has 20 heavy (non-hydrogen) atoms. The number of rotatable bonds is 8. The van der Waals surface area contributed by atoms with Gasteiger partial charge >= 0.3 is 5.97 Å². The zero-order valence-electron chi connectivity index (χ0n) is 12.3. The fraction of sp³-hybridized carbons (Fsp3) is 0.562. The molecular formula is C16H23NO3. The highest BCUT2D eigenvalue weighted by molar-refractivity contribution is 5.82. The molecule has 2 rings (SSSR count). The molecule has 1 aromatic rings. The topological polar surface area (TPSA) is 38.8 Å². The molecule has 0 heterocycles. The van der Waals surface area contributed by atoms with E-state index in [2.05, 4.69) is 4.90 Å². The largest absolute Gasteiger partial charge is 0.459 e. The van der Waals surface area contributed by atoms with Gasteiger partial charge in [0, 0.05) is 6.61 Å². The predicted molar refractivity (Wildman–Crippen MR) is 77.3 cm³/mol. The highest BCUT2D eigenvalue weighted by atomic mass is 16.6. The van der Waals surface area contributed by atoms with Gasteiger partial charge in [-0.2, -0.15) is 0 Å². The molecule has 4 heteroatoms. The van der Waals surface area contributed by atoms with Crippen LogP contribution in [0.5, 0.6) is 0 Å². The third-order valence-electron chi connectivity index (χ3n) is 3.42. The number of esters is 1. The molecule has 0 atom stereocenters. The van der Waals surface area contributed by atoms with E-state index >= 15 is 0 Å². The van der Waals surface area contributed by atoms with E-state index in [1.54, 1.807) is 0 Å². The molecule has 0 saturated heterocycles. The van der Waals surface area contributed by atoms with Crippen molar-refractivity contribution in [3.63, 3.8) is 0 Å². The van der Waals surface area contributed by atoms with E-state index in [-0.39, 0.29) is 5.97 Å². The lowest BCUT2D eigenvalue weighted by molar-refractivity contribution is -0.162. The van der Waals surface area contributed by atoms with Gasteiger partial charge < -0.3 is 14.4 Å². The summed E-state index contributed by atoms with van der Waals surface area (Å²) in [5.41, 5.74) is 0.352. The minimum Gasteiger partial charge on any atom is -0.459 e. The summed E-state index contributed by atoms with van der Waals surface area (Å²) in [6.07, 6.45) is 2.49. The highest BCUT2D eigenvalue weighted by Gasteiger charge is 2.52. The van der Waals surface area contributed by atoms with Crippen molar-refractivity contribution in [2.45, 2.75) is 31.5 Å². The first-order chi connectivity index (χ1) is 9.62. The molecule has 0 spiro atoms. The lowest BCUT2D eigenvalue weighted by atomic mass is 10.2. The maximum Gasteiger partial charge on any atom is 0.338 e. The summed E-state index contributed by atoms with van der Waals surface area (Å²) >= 11 is 0. The van der Waals surface area contributed by atoms with Gasteiger partial charge in [0.15, 0.2) is 5.60 Å². The first-order valence-electron chi connectivity index (χ1n) is 7.12. The van der Waals surface area contributed by atoms with Crippen molar-refractivity contribution in [2.75, 3.05) is 27.2 Å². The number of nitrogens with zero attached hydrogens (tertiary/aromatic N) is 1. The average molecular weight is 277 g/mol. The van der Waals surface area contributed by atoms with Gasteiger partial charge in [-0.3, -0.25) is 0 Å². The van der Waals surface area contributed by atoms with Crippen molar-refractivity contribution in [1.82, 2.24) is 4.90 Å². The molecule has 1 fully saturated rings. The van der Waals surface area contributed by atoms with E-state index in [0.717, 1.165) is 31.4 Å². The summed E-state index contributed by atoms with van der Waals surface area (Å²) < 4.78 is 11.1. The lowest BCUT2D eigenvalue weighted by Crippen LogP contribution is -2.29. The average Bonchev–Trinajstić information content (AvgIpc) is 3.23. The number of hydrogen-bond acceptors (Lipinski definition) is 4. The maximum absolute atomic E-state index is 12.1. The summed E-state index contributed by atoms with van der Waals surface area (Å²) in [7, 11) is 4.06. The van der Waals surface area contributed by atoms with Gasteiger partial charge in [0.05, 0.1) is 0 Å². The van der Waals surface area contributed by atoms with Crippen LogP contribution in [0.1, 0.15) is 24.8 Å². The summed E-state index contributed by atoms with van der Waals surface area (Å²) in [6, 6.07) is 9.72. The summed E-state index contributed by atoms with van der Waals surface area (Å²) in [6.45, 7) is 1.90. The van der Waals surface area contributed by atoms with Crippen LogP contribution < -0.4 is 0 Å². The van der Waals surface area contributed by atoms with Crippen molar-refractivity contribution in [2.24, 2.45) is 0 Å². The van der Waals surface area contributed by atoms with Crippen LogP contribution in [0, 0.1) is 0 Å². The Morgan fingerprint density at radius 1 is 1.25 bits per heavy atom. The highest BCUT2D eigenvalue weighted by Crippen LogP contribution is 2.41. The zero-order valence-corrected chi connectivity index (χ0v) is 12.3. The molecule has 0 amide bonds. The number of carbonyl (C=O) groups excluding carboxylic acids is 1. The first kappa shape index (κ1) is 15.0. The molecule has 0 aliphatic heterocycles. The third kappa shape index (κ3) is 4.32. The van der Waals surface area contributed by atoms with Gasteiger partial charge in [-0.1, -0.05) is 30.3 Å². The molecule has 0 radical (unpaired) electrons. The van der Waals surface area contributed by atoms with Crippen LogP contribution >= 0.6 is 0 Å². The number of benzene rings is 1. The lowest BCUT2D eigenvalue weighted by Gasteiger charge is -2.16. The minimum absolute atomic E-state index is 0.216. The molecule has 0 unspecified atom stereocenters. The van der Waals surface area contributed by atoms with Gasteiger partial charge in [-0.15, -0.1) is 0 Å². The third-order valence-corrected chi connectivity index (χ3v) is 3.42. The Bertz CT molecular complexity index is 427. The van der Waals surface area contributed by atoms with Gasteiger partial charge in [0.2, 0.25) is 0 Å². The van der Waals surface area contributed by atoms with Crippen molar-refractivity contribution >= 4 is 5.97 Å². The fourth-order valence-electron chi connectivity index (χ4n) is 2.02. The fourth-order valence-corrected chi connectivity index (χ4v) is 2.02. The molecule has 0 N–H and O–H groups in total. The number of carbonyl (C=O) groups is 1. The quantitative estimate of drug-likeness (QED) is 0.539. The Morgan fingerprint density at radius 2 is 1.95 bits per heavy atom. The van der Waals surface area contributed by atoms with Gasteiger partial charge in [-0.05, 0) is 45.5 Å². The predicted octanol–water partition coefficient (Wildman–Crippen LogP) is 2.23. The van der Waals surface area contributed by atoms with Crippen molar-refractivity contribution in [3.05, 3.63) is 35.9 Å². The van der Waals surface area contributed by atoms with Crippen LogP contribution in [0.15, 0.2) is 30.3 Å². The van der Waals surface area contributed by atoms with Crippen LogP contribution in [0.4, 0.5) is 0 Å². The Kier molecular flexibility index (Phi) is 5.15.